The summed E-state index contributed by atoms with van der Waals surface area (Å²) >= 11 is 3.31. The molecule has 0 atom stereocenters. The van der Waals surface area contributed by atoms with Gasteiger partial charge in [-0.3, -0.25) is 9.69 Å². The first kappa shape index (κ1) is 25.2. The van der Waals surface area contributed by atoms with Gasteiger partial charge in [-0.25, -0.2) is 13.8 Å². The lowest BCUT2D eigenvalue weighted by Crippen LogP contribution is -2.50. The Morgan fingerprint density at radius 1 is 1.03 bits per heavy atom. The van der Waals surface area contributed by atoms with Crippen LogP contribution in [-0.2, 0) is 14.8 Å². The van der Waals surface area contributed by atoms with Gasteiger partial charge in [-0.05, 0) is 49.4 Å². The number of sulfonamides is 1. The number of nitrogens with one attached hydrogen (secondary N) is 1. The van der Waals surface area contributed by atoms with E-state index < -0.39 is 10.0 Å². The SMILES string of the molecule is COc1ccc(/C(C)=N/NC(=O)CN2CCN(S(=O)(=O)c3ccc(Br)cc3)CC2)cc1OC. The number of nitrogens with zero attached hydrogens (tertiary/aromatic N) is 3. The Labute approximate surface area is 202 Å². The second-order valence-corrected chi connectivity index (χ2v) is 10.3. The quantitative estimate of drug-likeness (QED) is 0.408. The summed E-state index contributed by atoms with van der Waals surface area (Å²) in [5.74, 6) is 0.922. The van der Waals surface area contributed by atoms with E-state index in [0.717, 1.165) is 10.0 Å². The minimum atomic E-state index is -3.55. The summed E-state index contributed by atoms with van der Waals surface area (Å²) < 4.78 is 38.4. The molecular weight excluding hydrogens is 512 g/mol. The maximum Gasteiger partial charge on any atom is 0.254 e. The smallest absolute Gasteiger partial charge is 0.254 e. The zero-order valence-corrected chi connectivity index (χ0v) is 21.1. The van der Waals surface area contributed by atoms with Crippen molar-refractivity contribution in [3.8, 4) is 11.5 Å². The fraction of sp³-hybridized carbons (Fsp3) is 0.364. The van der Waals surface area contributed by atoms with Gasteiger partial charge in [0.1, 0.15) is 0 Å². The highest BCUT2D eigenvalue weighted by atomic mass is 79.9. The Kier molecular flexibility index (Phi) is 8.46. The molecule has 2 aromatic carbocycles. The number of carbonyl (C=O) groups is 1. The second kappa shape index (κ2) is 11.1. The summed E-state index contributed by atoms with van der Waals surface area (Å²) in [5, 5.41) is 4.18. The Hall–Kier alpha value is -2.47. The van der Waals surface area contributed by atoms with Crippen molar-refractivity contribution in [2.75, 3.05) is 46.9 Å². The Bertz CT molecular complexity index is 1110. The molecule has 0 aromatic heterocycles. The third-order valence-electron chi connectivity index (χ3n) is 5.30. The average molecular weight is 539 g/mol. The lowest BCUT2D eigenvalue weighted by molar-refractivity contribution is -0.122. The number of hydrogen-bond acceptors (Lipinski definition) is 7. The molecule has 178 valence electrons. The molecule has 9 nitrogen and oxygen atoms in total. The molecule has 0 saturated carbocycles. The van der Waals surface area contributed by atoms with Gasteiger partial charge in [0.2, 0.25) is 10.0 Å². The van der Waals surface area contributed by atoms with Crippen molar-refractivity contribution in [2.24, 2.45) is 5.10 Å². The van der Waals surface area contributed by atoms with Gasteiger partial charge >= 0.3 is 0 Å². The molecular formula is C22H27BrN4O5S. The van der Waals surface area contributed by atoms with E-state index >= 15 is 0 Å². The maximum atomic E-state index is 12.8. The number of carbonyl (C=O) groups excluding carboxylic acids is 1. The van der Waals surface area contributed by atoms with E-state index in [1.807, 2.05) is 11.0 Å². The van der Waals surface area contributed by atoms with E-state index in [4.69, 9.17) is 9.47 Å². The van der Waals surface area contributed by atoms with Crippen LogP contribution < -0.4 is 14.9 Å². The Balaban J connectivity index is 1.52. The number of hydrogen-bond donors (Lipinski definition) is 1. The third kappa shape index (κ3) is 6.32. The van der Waals surface area contributed by atoms with Crippen LogP contribution in [0.5, 0.6) is 11.5 Å². The van der Waals surface area contributed by atoms with Crippen molar-refractivity contribution in [2.45, 2.75) is 11.8 Å². The summed E-state index contributed by atoms with van der Waals surface area (Å²) in [4.78, 5) is 14.5. The zero-order chi connectivity index (χ0) is 24.0. The molecule has 1 heterocycles. The van der Waals surface area contributed by atoms with E-state index in [2.05, 4.69) is 26.5 Å². The summed E-state index contributed by atoms with van der Waals surface area (Å²) in [6.07, 6.45) is 0. The normalized spacial score (nSPS) is 15.8. The molecule has 33 heavy (non-hydrogen) atoms. The molecule has 1 fully saturated rings. The summed E-state index contributed by atoms with van der Waals surface area (Å²) in [7, 11) is -0.430. The molecule has 2 aromatic rings. The van der Waals surface area contributed by atoms with Crippen LogP contribution in [0.3, 0.4) is 0 Å². The highest BCUT2D eigenvalue weighted by molar-refractivity contribution is 9.10. The van der Waals surface area contributed by atoms with Crippen LogP contribution in [0.25, 0.3) is 0 Å². The van der Waals surface area contributed by atoms with Gasteiger partial charge in [0.25, 0.3) is 5.91 Å². The number of halogens is 1. The molecule has 0 aliphatic carbocycles. The molecule has 0 unspecified atom stereocenters. The topological polar surface area (TPSA) is 101 Å². The Morgan fingerprint density at radius 3 is 2.27 bits per heavy atom. The predicted molar refractivity (Wildman–Crippen MR) is 129 cm³/mol. The molecule has 1 saturated heterocycles. The van der Waals surface area contributed by atoms with E-state index in [-0.39, 0.29) is 17.3 Å². The molecule has 0 bridgehead atoms. The lowest BCUT2D eigenvalue weighted by atomic mass is 10.1. The number of piperazine rings is 1. The molecule has 1 N–H and O–H groups in total. The first-order chi connectivity index (χ1) is 15.7. The average Bonchev–Trinajstić information content (AvgIpc) is 2.82. The highest BCUT2D eigenvalue weighted by Gasteiger charge is 2.29. The second-order valence-electron chi connectivity index (χ2n) is 7.44. The van der Waals surface area contributed by atoms with Gasteiger partial charge in [-0.2, -0.15) is 9.41 Å². The van der Waals surface area contributed by atoms with Gasteiger partial charge in [0, 0.05) is 36.2 Å². The zero-order valence-electron chi connectivity index (χ0n) is 18.7. The molecule has 0 spiro atoms. The van der Waals surface area contributed by atoms with Crippen molar-refractivity contribution >= 4 is 37.6 Å². The number of benzene rings is 2. The fourth-order valence-electron chi connectivity index (χ4n) is 3.39. The van der Waals surface area contributed by atoms with Gasteiger partial charge < -0.3 is 9.47 Å². The largest absolute Gasteiger partial charge is 0.493 e. The molecule has 1 aliphatic rings. The fourth-order valence-corrected chi connectivity index (χ4v) is 5.08. The van der Waals surface area contributed by atoms with Crippen LogP contribution in [-0.4, -0.2) is 76.2 Å². The first-order valence-corrected chi connectivity index (χ1v) is 12.5. The molecule has 0 radical (unpaired) electrons. The number of rotatable bonds is 8. The molecule has 1 aliphatic heterocycles. The summed E-state index contributed by atoms with van der Waals surface area (Å²) in [5.41, 5.74) is 3.98. The maximum absolute atomic E-state index is 12.8. The third-order valence-corrected chi connectivity index (χ3v) is 7.74. The van der Waals surface area contributed by atoms with Crippen molar-refractivity contribution < 1.29 is 22.7 Å². The van der Waals surface area contributed by atoms with E-state index in [1.165, 1.54) is 4.31 Å². The number of methoxy groups -OCH3 is 2. The first-order valence-electron chi connectivity index (χ1n) is 10.3. The van der Waals surface area contributed by atoms with Gasteiger partial charge in [0.15, 0.2) is 11.5 Å². The minimum absolute atomic E-state index is 0.134. The van der Waals surface area contributed by atoms with Crippen molar-refractivity contribution in [3.63, 3.8) is 0 Å². The van der Waals surface area contributed by atoms with Gasteiger partial charge in [0.05, 0.1) is 31.4 Å². The van der Waals surface area contributed by atoms with Crippen LogP contribution in [0, 0.1) is 0 Å². The predicted octanol–water partition coefficient (Wildman–Crippen LogP) is 2.31. The Morgan fingerprint density at radius 2 is 1.67 bits per heavy atom. The van der Waals surface area contributed by atoms with Crippen LogP contribution in [0.1, 0.15) is 12.5 Å². The number of hydrazone groups is 1. The monoisotopic (exact) mass is 538 g/mol. The standard InChI is InChI=1S/C22H27BrN4O5S/c1-16(17-4-9-20(31-2)21(14-17)32-3)24-25-22(28)15-26-10-12-27(13-11-26)33(29,30)19-7-5-18(23)6-8-19/h4-9,14H,10-13,15H2,1-3H3,(H,25,28)/b24-16+. The van der Waals surface area contributed by atoms with Crippen LogP contribution >= 0.6 is 15.9 Å². The van der Waals surface area contributed by atoms with Crippen LogP contribution in [0.15, 0.2) is 56.9 Å². The van der Waals surface area contributed by atoms with Gasteiger partial charge in [-0.1, -0.05) is 15.9 Å². The molecule has 3 rings (SSSR count). The van der Waals surface area contributed by atoms with Crippen molar-refractivity contribution in [1.29, 1.82) is 0 Å². The van der Waals surface area contributed by atoms with E-state index in [9.17, 15) is 13.2 Å². The highest BCUT2D eigenvalue weighted by Crippen LogP contribution is 2.27. The molecule has 11 heteroatoms. The van der Waals surface area contributed by atoms with E-state index in [0.29, 0.717) is 43.4 Å². The lowest BCUT2D eigenvalue weighted by Gasteiger charge is -2.33. The minimum Gasteiger partial charge on any atom is -0.493 e. The molecule has 1 amide bonds. The van der Waals surface area contributed by atoms with Gasteiger partial charge in [-0.15, -0.1) is 0 Å². The van der Waals surface area contributed by atoms with Crippen molar-refractivity contribution in [3.05, 3.63) is 52.5 Å². The summed E-state index contributed by atoms with van der Waals surface area (Å²) in [6.45, 7) is 3.48. The van der Waals surface area contributed by atoms with Crippen LogP contribution in [0.2, 0.25) is 0 Å². The number of amides is 1. The summed E-state index contributed by atoms with van der Waals surface area (Å²) in [6, 6.07) is 12.0. The van der Waals surface area contributed by atoms with E-state index in [1.54, 1.807) is 57.5 Å². The van der Waals surface area contributed by atoms with Crippen LogP contribution in [0.4, 0.5) is 0 Å². The van der Waals surface area contributed by atoms with Crippen molar-refractivity contribution in [1.82, 2.24) is 14.6 Å². The number of ether oxygens (including phenoxy) is 2.